The number of carboxylic acid groups (broad SMARTS) is 1. The van der Waals surface area contributed by atoms with E-state index < -0.39 is 18.0 Å². The first-order valence-corrected chi connectivity index (χ1v) is 10.9. The Labute approximate surface area is 188 Å². The second kappa shape index (κ2) is 11.8. The van der Waals surface area contributed by atoms with Crippen molar-refractivity contribution in [1.29, 1.82) is 0 Å². The third kappa shape index (κ3) is 7.38. The minimum atomic E-state index is -0.951. The van der Waals surface area contributed by atoms with Crippen LogP contribution in [0, 0.1) is 11.8 Å². The number of amides is 1. The molecule has 1 amide bonds. The fourth-order valence-electron chi connectivity index (χ4n) is 4.00. The van der Waals surface area contributed by atoms with Crippen molar-refractivity contribution in [1.82, 2.24) is 5.32 Å². The van der Waals surface area contributed by atoms with Gasteiger partial charge in [-0.2, -0.15) is 0 Å². The first kappa shape index (κ1) is 23.3. The predicted octanol–water partition coefficient (Wildman–Crippen LogP) is 4.54. The van der Waals surface area contributed by atoms with E-state index >= 15 is 0 Å². The van der Waals surface area contributed by atoms with Gasteiger partial charge in [-0.1, -0.05) is 72.3 Å². The van der Waals surface area contributed by atoms with Crippen LogP contribution in [0.15, 0.2) is 72.3 Å². The Hall–Kier alpha value is -3.41. The number of benzene rings is 2. The van der Waals surface area contributed by atoms with Gasteiger partial charge in [0.05, 0.1) is 6.42 Å². The van der Waals surface area contributed by atoms with Crippen molar-refractivity contribution in [2.75, 3.05) is 6.54 Å². The highest BCUT2D eigenvalue weighted by molar-refractivity contribution is 5.88. The molecule has 2 unspecified atom stereocenters. The number of hydrogen-bond donors (Lipinski definition) is 2. The minimum absolute atomic E-state index is 0.0125. The maximum Gasteiger partial charge on any atom is 0.407 e. The van der Waals surface area contributed by atoms with Gasteiger partial charge in [0.1, 0.15) is 12.4 Å². The van der Waals surface area contributed by atoms with Crippen LogP contribution in [0.5, 0.6) is 0 Å². The summed E-state index contributed by atoms with van der Waals surface area (Å²) < 4.78 is 5.23. The molecule has 0 saturated carbocycles. The molecule has 3 rings (SSSR count). The summed E-state index contributed by atoms with van der Waals surface area (Å²) in [7, 11) is 0. The summed E-state index contributed by atoms with van der Waals surface area (Å²) in [5.74, 6) is -1.81. The second-order valence-electron chi connectivity index (χ2n) is 8.10. The molecule has 0 aliphatic heterocycles. The van der Waals surface area contributed by atoms with Crippen molar-refractivity contribution in [3.8, 4) is 0 Å². The molecule has 1 aliphatic carbocycles. The van der Waals surface area contributed by atoms with Gasteiger partial charge in [0, 0.05) is 18.4 Å². The van der Waals surface area contributed by atoms with E-state index in [0.29, 0.717) is 32.2 Å². The molecule has 6 nitrogen and oxygen atoms in total. The predicted molar refractivity (Wildman–Crippen MR) is 121 cm³/mol. The summed E-state index contributed by atoms with van der Waals surface area (Å²) in [6.07, 6.45) is 3.66. The summed E-state index contributed by atoms with van der Waals surface area (Å²) in [5, 5.41) is 12.0. The Morgan fingerprint density at radius 1 is 1.00 bits per heavy atom. The zero-order valence-electron chi connectivity index (χ0n) is 18.0. The van der Waals surface area contributed by atoms with Crippen molar-refractivity contribution in [2.45, 2.75) is 38.7 Å². The van der Waals surface area contributed by atoms with Crippen LogP contribution >= 0.6 is 0 Å². The SMILES string of the molecule is O=C(O)CC1CCC(CCNC(=O)OCc2ccccc2)=CC(Cc2ccccc2)C1=O. The number of allylic oxidation sites excluding steroid dienone is 1. The number of alkyl carbamates (subject to hydrolysis) is 1. The Morgan fingerprint density at radius 2 is 1.66 bits per heavy atom. The molecule has 1 aliphatic rings. The fourth-order valence-corrected chi connectivity index (χ4v) is 4.00. The lowest BCUT2D eigenvalue weighted by Crippen LogP contribution is -2.25. The molecule has 0 radical (unpaired) electrons. The van der Waals surface area contributed by atoms with Crippen LogP contribution in [0.2, 0.25) is 0 Å². The fraction of sp³-hybridized carbons (Fsp3) is 0.346. The topological polar surface area (TPSA) is 92.7 Å². The van der Waals surface area contributed by atoms with Gasteiger partial charge in [-0.25, -0.2) is 4.79 Å². The van der Waals surface area contributed by atoms with E-state index in [2.05, 4.69) is 5.32 Å². The maximum absolute atomic E-state index is 13.0. The van der Waals surface area contributed by atoms with Crippen LogP contribution in [-0.2, 0) is 27.4 Å². The molecule has 2 aromatic carbocycles. The lowest BCUT2D eigenvalue weighted by molar-refractivity contribution is -0.141. The van der Waals surface area contributed by atoms with Crippen LogP contribution in [0.4, 0.5) is 4.79 Å². The van der Waals surface area contributed by atoms with Gasteiger partial charge in [-0.3, -0.25) is 9.59 Å². The molecule has 0 heterocycles. The van der Waals surface area contributed by atoms with Gasteiger partial charge in [0.25, 0.3) is 0 Å². The highest BCUT2D eigenvalue weighted by Crippen LogP contribution is 2.29. The standard InChI is InChI=1S/C26H29NO5/c28-24(29)17-22-12-11-20(16-23(25(22)30)15-19-7-3-1-4-8-19)13-14-27-26(31)32-18-21-9-5-2-6-10-21/h1-10,16,22-23H,11-15,17-18H2,(H,27,31)(H,28,29). The van der Waals surface area contributed by atoms with Gasteiger partial charge < -0.3 is 15.2 Å². The molecule has 32 heavy (non-hydrogen) atoms. The number of rotatable bonds is 9. The van der Waals surface area contributed by atoms with Crippen molar-refractivity contribution in [3.63, 3.8) is 0 Å². The van der Waals surface area contributed by atoms with E-state index in [0.717, 1.165) is 16.7 Å². The summed E-state index contributed by atoms with van der Waals surface area (Å²) in [6.45, 7) is 0.606. The molecule has 2 N–H and O–H groups in total. The van der Waals surface area contributed by atoms with Crippen molar-refractivity contribution < 1.29 is 24.2 Å². The van der Waals surface area contributed by atoms with Crippen LogP contribution in [0.1, 0.15) is 36.8 Å². The molecule has 0 spiro atoms. The maximum atomic E-state index is 13.0. The molecular weight excluding hydrogens is 406 g/mol. The Bertz CT molecular complexity index is 939. The number of carboxylic acids is 1. The number of carbonyl (C=O) groups is 3. The molecule has 2 aromatic rings. The number of hydrogen-bond acceptors (Lipinski definition) is 4. The summed E-state index contributed by atoms with van der Waals surface area (Å²) >= 11 is 0. The first-order chi connectivity index (χ1) is 15.5. The highest BCUT2D eigenvalue weighted by atomic mass is 16.5. The molecule has 0 bridgehead atoms. The highest BCUT2D eigenvalue weighted by Gasteiger charge is 2.30. The average Bonchev–Trinajstić information content (AvgIpc) is 2.93. The zero-order valence-corrected chi connectivity index (χ0v) is 18.0. The largest absolute Gasteiger partial charge is 0.481 e. The number of Topliss-reactive ketones (excluding diaryl/α,β-unsaturated/α-hetero) is 1. The third-order valence-corrected chi connectivity index (χ3v) is 5.67. The Balaban J connectivity index is 1.57. The smallest absolute Gasteiger partial charge is 0.407 e. The van der Waals surface area contributed by atoms with Gasteiger partial charge in [-0.15, -0.1) is 0 Å². The Kier molecular flexibility index (Phi) is 8.61. The van der Waals surface area contributed by atoms with E-state index in [1.54, 1.807) is 0 Å². The zero-order chi connectivity index (χ0) is 22.8. The van der Waals surface area contributed by atoms with Gasteiger partial charge in [0.15, 0.2) is 0 Å². The van der Waals surface area contributed by atoms with Crippen LogP contribution in [0.25, 0.3) is 0 Å². The summed E-state index contributed by atoms with van der Waals surface area (Å²) in [5.41, 5.74) is 3.02. The minimum Gasteiger partial charge on any atom is -0.481 e. The molecule has 0 fully saturated rings. The van der Waals surface area contributed by atoms with Gasteiger partial charge in [0.2, 0.25) is 0 Å². The van der Waals surface area contributed by atoms with E-state index in [1.165, 1.54) is 0 Å². The molecule has 0 saturated heterocycles. The normalized spacial score (nSPS) is 18.4. The van der Waals surface area contributed by atoms with Crippen LogP contribution in [0.3, 0.4) is 0 Å². The van der Waals surface area contributed by atoms with Crippen LogP contribution < -0.4 is 5.32 Å². The molecule has 0 aromatic heterocycles. The molecule has 6 heteroatoms. The quantitative estimate of drug-likeness (QED) is 0.564. The lowest BCUT2D eigenvalue weighted by Gasteiger charge is -2.16. The van der Waals surface area contributed by atoms with E-state index in [1.807, 2.05) is 66.7 Å². The number of ketones is 1. The van der Waals surface area contributed by atoms with Crippen molar-refractivity contribution in [3.05, 3.63) is 83.4 Å². The Morgan fingerprint density at radius 3 is 2.31 bits per heavy atom. The van der Waals surface area contributed by atoms with Gasteiger partial charge in [-0.05, 0) is 36.8 Å². The van der Waals surface area contributed by atoms with E-state index in [-0.39, 0.29) is 24.7 Å². The average molecular weight is 436 g/mol. The summed E-state index contributed by atoms with van der Waals surface area (Å²) in [6, 6.07) is 19.2. The molecular formula is C26H29NO5. The first-order valence-electron chi connectivity index (χ1n) is 10.9. The number of carbonyl (C=O) groups excluding carboxylic acids is 2. The van der Waals surface area contributed by atoms with Crippen molar-refractivity contribution >= 4 is 17.8 Å². The third-order valence-electron chi connectivity index (χ3n) is 5.67. The van der Waals surface area contributed by atoms with E-state index in [4.69, 9.17) is 4.74 Å². The van der Waals surface area contributed by atoms with Crippen LogP contribution in [-0.4, -0.2) is 29.5 Å². The molecule has 168 valence electrons. The number of nitrogens with one attached hydrogen (secondary N) is 1. The number of ether oxygens (including phenoxy) is 1. The van der Waals surface area contributed by atoms with E-state index in [9.17, 15) is 19.5 Å². The lowest BCUT2D eigenvalue weighted by atomic mass is 9.86. The number of aliphatic carboxylic acids is 1. The summed E-state index contributed by atoms with van der Waals surface area (Å²) in [4.78, 5) is 36.3. The monoisotopic (exact) mass is 435 g/mol. The second-order valence-corrected chi connectivity index (χ2v) is 8.10. The molecule has 2 atom stereocenters. The van der Waals surface area contributed by atoms with Gasteiger partial charge >= 0.3 is 12.1 Å². The van der Waals surface area contributed by atoms with Crippen molar-refractivity contribution in [2.24, 2.45) is 11.8 Å².